The summed E-state index contributed by atoms with van der Waals surface area (Å²) in [5, 5.41) is 38.2. The summed E-state index contributed by atoms with van der Waals surface area (Å²) in [6.45, 7) is 0.877. The van der Waals surface area contributed by atoms with E-state index in [2.05, 4.69) is 79.0 Å². The van der Waals surface area contributed by atoms with Gasteiger partial charge in [-0.1, -0.05) is 0 Å². The summed E-state index contributed by atoms with van der Waals surface area (Å²) < 4.78 is 24.3. The number of phenols is 1. The number of amides is 1. The first-order valence-corrected chi connectivity index (χ1v) is 16.8. The third-order valence-electron chi connectivity index (χ3n) is 6.39. The van der Waals surface area contributed by atoms with Crippen molar-refractivity contribution in [3.63, 3.8) is 0 Å². The number of hydrogen-bond acceptors (Lipinski definition) is 15. The Morgan fingerprint density at radius 1 is 0.894 bits per heavy atom. The van der Waals surface area contributed by atoms with Crippen molar-refractivity contribution in [1.29, 1.82) is 0 Å². The Balaban J connectivity index is 1.39. The molecule has 47 heavy (non-hydrogen) atoms. The summed E-state index contributed by atoms with van der Waals surface area (Å²) in [5.41, 5.74) is 1.74. The predicted octanol–water partition coefficient (Wildman–Crippen LogP) is 6.88. The van der Waals surface area contributed by atoms with Crippen molar-refractivity contribution in [3.8, 4) is 5.75 Å². The molecule has 0 saturated carbocycles. The monoisotopic (exact) mass is 728 g/mol. The van der Waals surface area contributed by atoms with Gasteiger partial charge in [0.2, 0.25) is 23.1 Å². The van der Waals surface area contributed by atoms with Crippen LogP contribution in [0.4, 0.5) is 40.3 Å². The molecule has 0 aliphatic heterocycles. The highest BCUT2D eigenvalue weighted by Crippen LogP contribution is 2.45. The molecule has 5 N–H and O–H groups in total. The van der Waals surface area contributed by atoms with E-state index in [9.17, 15) is 18.3 Å². The molecule has 5 aromatic rings. The Bertz CT molecular complexity index is 2150. The van der Waals surface area contributed by atoms with Crippen molar-refractivity contribution in [2.24, 2.45) is 10.2 Å². The number of fused-ring (bicyclic) bond motifs is 1. The topological polar surface area (TPSA) is 191 Å². The number of azo groups is 1. The number of aromatic hydroxyl groups is 1. The first-order chi connectivity index (χ1) is 22.3. The van der Waals surface area contributed by atoms with Crippen LogP contribution in [0.3, 0.4) is 0 Å². The van der Waals surface area contributed by atoms with E-state index in [0.717, 1.165) is 0 Å². The number of nitrogens with zero attached hydrogens (tertiary/aromatic N) is 5. The molecule has 0 spiro atoms. The molecule has 1 heterocycles. The van der Waals surface area contributed by atoms with Gasteiger partial charge in [-0.25, -0.2) is 8.42 Å². The molecule has 0 radical (unpaired) electrons. The fraction of sp³-hybridized carbons (Fsp3) is 0.103. The molecule has 0 aliphatic rings. The van der Waals surface area contributed by atoms with E-state index in [1.54, 1.807) is 36.4 Å². The third-order valence-corrected chi connectivity index (χ3v) is 9.24. The molecule has 18 heteroatoms. The minimum atomic E-state index is -3.60. The lowest BCUT2D eigenvalue weighted by Gasteiger charge is -2.13. The van der Waals surface area contributed by atoms with E-state index in [4.69, 9.17) is 16.7 Å². The molecular formula is C29H25ClN8O5S4. The molecule has 242 valence electrons. The number of aromatic nitrogens is 3. The van der Waals surface area contributed by atoms with Gasteiger partial charge in [0.25, 0.3) is 0 Å². The molecule has 0 aliphatic carbocycles. The van der Waals surface area contributed by atoms with Gasteiger partial charge in [0.1, 0.15) is 11.4 Å². The van der Waals surface area contributed by atoms with Crippen LogP contribution >= 0.6 is 49.5 Å². The van der Waals surface area contributed by atoms with Crippen LogP contribution in [-0.2, 0) is 14.6 Å². The zero-order valence-electron chi connectivity index (χ0n) is 24.2. The Hall–Kier alpha value is -4.13. The summed E-state index contributed by atoms with van der Waals surface area (Å²) in [6, 6.07) is 15.9. The van der Waals surface area contributed by atoms with Gasteiger partial charge in [0, 0.05) is 38.4 Å². The Kier molecular flexibility index (Phi) is 10.4. The van der Waals surface area contributed by atoms with Gasteiger partial charge >= 0.3 is 0 Å². The quantitative estimate of drug-likeness (QED) is 0.0556. The van der Waals surface area contributed by atoms with E-state index in [0.29, 0.717) is 48.2 Å². The third kappa shape index (κ3) is 8.24. The largest absolute Gasteiger partial charge is 0.505 e. The number of sulfone groups is 1. The zero-order valence-corrected chi connectivity index (χ0v) is 28.4. The van der Waals surface area contributed by atoms with Crippen LogP contribution in [0.5, 0.6) is 5.75 Å². The molecule has 1 amide bonds. The van der Waals surface area contributed by atoms with Crippen molar-refractivity contribution >= 4 is 116 Å². The van der Waals surface area contributed by atoms with Gasteiger partial charge in [-0.2, -0.15) is 15.0 Å². The summed E-state index contributed by atoms with van der Waals surface area (Å²) in [5.74, 6) is -0.764. The van der Waals surface area contributed by atoms with E-state index < -0.39 is 16.4 Å². The molecular weight excluding hydrogens is 704 g/mol. The lowest BCUT2D eigenvalue weighted by Crippen LogP contribution is -2.10. The van der Waals surface area contributed by atoms with Crippen LogP contribution in [0, 0.1) is 0 Å². The number of anilines is 5. The first kappa shape index (κ1) is 34.2. The Morgan fingerprint density at radius 2 is 1.55 bits per heavy atom. The van der Waals surface area contributed by atoms with Crippen LogP contribution in [-0.4, -0.2) is 51.8 Å². The number of phenolic OH excluding ortho intramolecular Hbond substituents is 1. The minimum Gasteiger partial charge on any atom is -0.505 e. The summed E-state index contributed by atoms with van der Waals surface area (Å²) in [6.07, 6.45) is 0. The zero-order chi connectivity index (χ0) is 33.9. The first-order valence-electron chi connectivity index (χ1n) is 13.5. The number of carbonyl (C=O) groups is 1. The van der Waals surface area contributed by atoms with Crippen LogP contribution < -0.4 is 16.0 Å². The summed E-state index contributed by atoms with van der Waals surface area (Å²) in [7, 11) is -3.60. The van der Waals surface area contributed by atoms with E-state index in [1.807, 2.05) is 0 Å². The minimum absolute atomic E-state index is 0.0666. The highest BCUT2D eigenvalue weighted by molar-refractivity contribution is 7.91. The average molecular weight is 729 g/mol. The predicted molar refractivity (Wildman–Crippen MR) is 189 cm³/mol. The molecule has 13 nitrogen and oxygen atoms in total. The number of nitrogens with one attached hydrogen (secondary N) is 3. The van der Waals surface area contributed by atoms with E-state index in [-0.39, 0.29) is 45.2 Å². The summed E-state index contributed by atoms with van der Waals surface area (Å²) >= 11 is 19.5. The molecule has 0 saturated heterocycles. The highest BCUT2D eigenvalue weighted by atomic mass is 35.5. The maximum atomic E-state index is 12.2. The second-order valence-corrected chi connectivity index (χ2v) is 13.8. The molecule has 0 fully saturated rings. The fourth-order valence-corrected chi connectivity index (χ4v) is 6.29. The molecule has 0 bridgehead atoms. The number of halogens is 1. The number of carbonyl (C=O) groups excluding carboxylic acids is 1. The molecule has 4 aromatic carbocycles. The fourth-order valence-electron chi connectivity index (χ4n) is 4.36. The van der Waals surface area contributed by atoms with Crippen molar-refractivity contribution in [3.05, 3.63) is 65.9 Å². The number of thiol groups is 3. The van der Waals surface area contributed by atoms with Gasteiger partial charge in [-0.3, -0.25) is 4.79 Å². The number of hydrogen-bond donors (Lipinski definition) is 8. The maximum Gasteiger partial charge on any atom is 0.233 e. The van der Waals surface area contributed by atoms with Crippen molar-refractivity contribution in [2.45, 2.75) is 26.5 Å². The highest BCUT2D eigenvalue weighted by Gasteiger charge is 2.17. The van der Waals surface area contributed by atoms with Crippen LogP contribution in [0.25, 0.3) is 10.8 Å². The van der Waals surface area contributed by atoms with Crippen LogP contribution in [0.1, 0.15) is 6.92 Å². The number of aliphatic hydroxyl groups is 1. The molecule has 5 rings (SSSR count). The van der Waals surface area contributed by atoms with Crippen molar-refractivity contribution in [1.82, 2.24) is 15.0 Å². The Labute approximate surface area is 290 Å². The van der Waals surface area contributed by atoms with Gasteiger partial charge in [0.05, 0.1) is 22.9 Å². The molecule has 0 atom stereocenters. The molecule has 1 aromatic heterocycles. The smallest absolute Gasteiger partial charge is 0.233 e. The van der Waals surface area contributed by atoms with Gasteiger partial charge in [-0.05, 0) is 77.7 Å². The van der Waals surface area contributed by atoms with Gasteiger partial charge in [-0.15, -0.1) is 48.1 Å². The summed E-state index contributed by atoms with van der Waals surface area (Å²) in [4.78, 5) is 25.7. The van der Waals surface area contributed by atoms with Crippen molar-refractivity contribution in [2.75, 3.05) is 28.3 Å². The maximum absolute atomic E-state index is 12.2. The van der Waals surface area contributed by atoms with Gasteiger partial charge in [0.15, 0.2) is 15.6 Å². The second-order valence-electron chi connectivity index (χ2n) is 9.84. The van der Waals surface area contributed by atoms with E-state index >= 15 is 0 Å². The van der Waals surface area contributed by atoms with Crippen LogP contribution in [0.2, 0.25) is 5.28 Å². The van der Waals surface area contributed by atoms with Gasteiger partial charge < -0.3 is 26.2 Å². The second kappa shape index (κ2) is 14.3. The standard InChI is InChI=1S/C29H25ClN8O5S4/c1-14(40)31-21-13-18(44)10-15-11-23(46)25(26(41)24(15)21)38-37-20-12-17(4-7-22(20)45)33-29-35-27(30)34-28(36-29)32-16-2-5-19(6-3-16)47(42,43)9-8-39/h2-7,10-13,39,41,44-46H,8-9H2,1H3,(H,31,40)(H2,32,33,34,35,36)/b38-37+. The lowest BCUT2D eigenvalue weighted by molar-refractivity contribution is -0.114. The Morgan fingerprint density at radius 3 is 2.21 bits per heavy atom. The normalized spacial score (nSPS) is 11.6. The van der Waals surface area contributed by atoms with Crippen LogP contribution in [0.15, 0.2) is 90.5 Å². The lowest BCUT2D eigenvalue weighted by atomic mass is 10.1. The SMILES string of the molecule is CC(=O)Nc1cc(S)cc2cc(S)c(/N=N/c3cc(Nc4nc(Cl)nc(Nc5ccc(S(=O)(=O)CCO)cc5)n4)ccc3S)c(O)c12. The van der Waals surface area contributed by atoms with Crippen molar-refractivity contribution < 1.29 is 23.4 Å². The number of benzene rings is 4. The average Bonchev–Trinajstić information content (AvgIpc) is 2.97. The molecule has 0 unspecified atom stereocenters. The van der Waals surface area contributed by atoms with E-state index in [1.165, 1.54) is 31.2 Å². The number of aliphatic hydroxyl groups excluding tert-OH is 1. The number of rotatable bonds is 10.